The van der Waals surface area contributed by atoms with Crippen molar-refractivity contribution in [2.45, 2.75) is 0 Å². The predicted octanol–water partition coefficient (Wildman–Crippen LogP) is 3.36. The number of rotatable bonds is 3. The summed E-state index contributed by atoms with van der Waals surface area (Å²) < 4.78 is 0. The third kappa shape index (κ3) is 2.73. The lowest BCUT2D eigenvalue weighted by Gasteiger charge is -2.08. The molecule has 0 fully saturated rings. The van der Waals surface area contributed by atoms with E-state index in [2.05, 4.69) is 5.32 Å². The Bertz CT molecular complexity index is 582. The summed E-state index contributed by atoms with van der Waals surface area (Å²) in [7, 11) is 0. The minimum Gasteiger partial charge on any atom is -0.478 e. The van der Waals surface area contributed by atoms with Crippen LogP contribution in [0.5, 0.6) is 0 Å². The van der Waals surface area contributed by atoms with Gasteiger partial charge in [0.25, 0.3) is 0 Å². The van der Waals surface area contributed by atoms with Crippen LogP contribution in [-0.4, -0.2) is 11.1 Å². The number of carboxylic acids is 1. The average molecular weight is 263 g/mol. The molecule has 0 spiro atoms. The van der Waals surface area contributed by atoms with Gasteiger partial charge in [-0.3, -0.25) is 0 Å². The molecule has 0 amide bonds. The Balaban J connectivity index is 2.22. The average Bonchev–Trinajstić information content (AvgIpc) is 2.32. The molecule has 18 heavy (non-hydrogen) atoms. The first-order valence-corrected chi connectivity index (χ1v) is 5.59. The summed E-state index contributed by atoms with van der Waals surface area (Å²) >= 11 is 5.78. The van der Waals surface area contributed by atoms with Crippen molar-refractivity contribution in [1.82, 2.24) is 0 Å². The molecule has 0 radical (unpaired) electrons. The Morgan fingerprint density at radius 3 is 2.28 bits per heavy atom. The predicted molar refractivity (Wildman–Crippen MR) is 72.5 cm³/mol. The van der Waals surface area contributed by atoms with Gasteiger partial charge in [0, 0.05) is 22.1 Å². The first-order valence-electron chi connectivity index (χ1n) is 5.21. The Hall–Kier alpha value is -2.20. The van der Waals surface area contributed by atoms with E-state index in [0.717, 1.165) is 11.4 Å². The fourth-order valence-electron chi connectivity index (χ4n) is 1.54. The first kappa shape index (κ1) is 12.3. The Labute approximate surface area is 109 Å². The van der Waals surface area contributed by atoms with Crippen molar-refractivity contribution < 1.29 is 9.90 Å². The molecular weight excluding hydrogens is 252 g/mol. The van der Waals surface area contributed by atoms with Crippen LogP contribution in [0.4, 0.5) is 17.1 Å². The SMILES string of the molecule is Nc1cc(Nc2ccc(Cl)cc2)ccc1C(=O)O. The molecule has 4 nitrogen and oxygen atoms in total. The zero-order valence-electron chi connectivity index (χ0n) is 9.35. The standard InChI is InChI=1S/C13H11ClN2O2/c14-8-1-3-9(4-2-8)16-10-5-6-11(13(17)18)12(15)7-10/h1-7,16H,15H2,(H,17,18). The van der Waals surface area contributed by atoms with Crippen LogP contribution in [0.1, 0.15) is 10.4 Å². The second-order valence-electron chi connectivity index (χ2n) is 3.74. The highest BCUT2D eigenvalue weighted by Crippen LogP contribution is 2.22. The minimum absolute atomic E-state index is 0.0941. The smallest absolute Gasteiger partial charge is 0.337 e. The molecule has 0 aliphatic rings. The highest BCUT2D eigenvalue weighted by atomic mass is 35.5. The van der Waals surface area contributed by atoms with Gasteiger partial charge < -0.3 is 16.2 Å². The number of nitrogens with one attached hydrogen (secondary N) is 1. The Kier molecular flexibility index (Phi) is 3.39. The summed E-state index contributed by atoms with van der Waals surface area (Å²) in [6.07, 6.45) is 0. The zero-order valence-corrected chi connectivity index (χ0v) is 10.1. The number of carboxylic acid groups (broad SMARTS) is 1. The van der Waals surface area contributed by atoms with Gasteiger partial charge in [-0.1, -0.05) is 11.6 Å². The molecule has 2 rings (SSSR count). The van der Waals surface area contributed by atoms with Gasteiger partial charge in [0.05, 0.1) is 5.56 Å². The van der Waals surface area contributed by atoms with E-state index in [4.69, 9.17) is 22.4 Å². The van der Waals surface area contributed by atoms with Crippen molar-refractivity contribution in [3.8, 4) is 0 Å². The third-order valence-corrected chi connectivity index (χ3v) is 2.67. The summed E-state index contributed by atoms with van der Waals surface area (Å²) in [5, 5.41) is 12.6. The summed E-state index contributed by atoms with van der Waals surface area (Å²) in [6, 6.07) is 11.9. The van der Waals surface area contributed by atoms with Crippen molar-refractivity contribution in [1.29, 1.82) is 0 Å². The second kappa shape index (κ2) is 4.98. The second-order valence-corrected chi connectivity index (χ2v) is 4.18. The van der Waals surface area contributed by atoms with Crippen molar-refractivity contribution in [2.75, 3.05) is 11.1 Å². The van der Waals surface area contributed by atoms with Crippen LogP contribution >= 0.6 is 11.6 Å². The maximum absolute atomic E-state index is 10.8. The van der Waals surface area contributed by atoms with Crippen molar-refractivity contribution in [3.05, 3.63) is 53.1 Å². The van der Waals surface area contributed by atoms with Gasteiger partial charge in [-0.05, 0) is 42.5 Å². The van der Waals surface area contributed by atoms with Crippen LogP contribution < -0.4 is 11.1 Å². The van der Waals surface area contributed by atoms with Crippen LogP contribution in [0.3, 0.4) is 0 Å². The maximum atomic E-state index is 10.8. The highest BCUT2D eigenvalue weighted by molar-refractivity contribution is 6.30. The lowest BCUT2D eigenvalue weighted by molar-refractivity contribution is 0.0698. The largest absolute Gasteiger partial charge is 0.478 e. The number of nitrogen functional groups attached to an aromatic ring is 1. The third-order valence-electron chi connectivity index (χ3n) is 2.41. The van der Waals surface area contributed by atoms with Crippen LogP contribution in [-0.2, 0) is 0 Å². The van der Waals surface area contributed by atoms with Gasteiger partial charge >= 0.3 is 5.97 Å². The summed E-state index contributed by atoms with van der Waals surface area (Å²) in [5.74, 6) is -1.04. The van der Waals surface area contributed by atoms with E-state index in [0.29, 0.717) is 5.02 Å². The number of aromatic carboxylic acids is 1. The fourth-order valence-corrected chi connectivity index (χ4v) is 1.66. The van der Waals surface area contributed by atoms with E-state index in [1.807, 2.05) is 12.1 Å². The molecule has 0 atom stereocenters. The van der Waals surface area contributed by atoms with Crippen LogP contribution in [0.15, 0.2) is 42.5 Å². The van der Waals surface area contributed by atoms with Crippen LogP contribution in [0.2, 0.25) is 5.02 Å². The number of anilines is 3. The molecule has 0 aliphatic heterocycles. The number of benzene rings is 2. The number of nitrogens with two attached hydrogens (primary N) is 1. The number of halogens is 1. The number of hydrogen-bond donors (Lipinski definition) is 3. The van der Waals surface area contributed by atoms with Crippen molar-refractivity contribution in [2.24, 2.45) is 0 Å². The molecule has 2 aromatic carbocycles. The quantitative estimate of drug-likeness (QED) is 0.742. The molecule has 0 saturated carbocycles. The van der Waals surface area contributed by atoms with Gasteiger partial charge in [0.2, 0.25) is 0 Å². The number of carbonyl (C=O) groups is 1. The van der Waals surface area contributed by atoms with E-state index in [1.54, 1.807) is 24.3 Å². The van der Waals surface area contributed by atoms with E-state index in [1.165, 1.54) is 6.07 Å². The van der Waals surface area contributed by atoms with Gasteiger partial charge in [-0.15, -0.1) is 0 Å². The molecule has 4 N–H and O–H groups in total. The molecule has 0 unspecified atom stereocenters. The first-order chi connectivity index (χ1) is 8.56. The zero-order chi connectivity index (χ0) is 13.1. The lowest BCUT2D eigenvalue weighted by atomic mass is 10.1. The van der Waals surface area contributed by atoms with Gasteiger partial charge in [0.15, 0.2) is 0 Å². The van der Waals surface area contributed by atoms with Gasteiger partial charge in [-0.25, -0.2) is 4.79 Å². The fraction of sp³-hybridized carbons (Fsp3) is 0. The van der Waals surface area contributed by atoms with Crippen molar-refractivity contribution >= 4 is 34.6 Å². The normalized spacial score (nSPS) is 10.1. The monoisotopic (exact) mass is 262 g/mol. The molecule has 0 saturated heterocycles. The Morgan fingerprint density at radius 1 is 1.11 bits per heavy atom. The highest BCUT2D eigenvalue weighted by Gasteiger charge is 2.07. The Morgan fingerprint density at radius 2 is 1.72 bits per heavy atom. The van der Waals surface area contributed by atoms with Gasteiger partial charge in [-0.2, -0.15) is 0 Å². The molecule has 92 valence electrons. The molecule has 0 heterocycles. The van der Waals surface area contributed by atoms with E-state index >= 15 is 0 Å². The summed E-state index contributed by atoms with van der Waals surface area (Å²) in [4.78, 5) is 10.8. The van der Waals surface area contributed by atoms with Crippen LogP contribution in [0.25, 0.3) is 0 Å². The topological polar surface area (TPSA) is 75.3 Å². The molecule has 0 aromatic heterocycles. The molecule has 2 aromatic rings. The van der Waals surface area contributed by atoms with E-state index in [-0.39, 0.29) is 11.3 Å². The van der Waals surface area contributed by atoms with Gasteiger partial charge in [0.1, 0.15) is 0 Å². The molecule has 0 bridgehead atoms. The minimum atomic E-state index is -1.04. The summed E-state index contributed by atoms with van der Waals surface area (Å²) in [5.41, 5.74) is 7.55. The molecule has 0 aliphatic carbocycles. The summed E-state index contributed by atoms with van der Waals surface area (Å²) in [6.45, 7) is 0. The number of hydrogen-bond acceptors (Lipinski definition) is 3. The van der Waals surface area contributed by atoms with Crippen LogP contribution in [0, 0.1) is 0 Å². The molecular formula is C13H11ClN2O2. The van der Waals surface area contributed by atoms with Crippen molar-refractivity contribution in [3.63, 3.8) is 0 Å². The lowest BCUT2D eigenvalue weighted by Crippen LogP contribution is -2.02. The maximum Gasteiger partial charge on any atom is 0.337 e. The van der Waals surface area contributed by atoms with E-state index in [9.17, 15) is 4.79 Å². The van der Waals surface area contributed by atoms with E-state index < -0.39 is 5.97 Å². The molecule has 5 heteroatoms.